The van der Waals surface area contributed by atoms with Crippen molar-refractivity contribution in [3.05, 3.63) is 126 Å². The molecule has 0 fully saturated rings. The SMILES string of the molecule is CC(C)(c1ccccc1)c1ccc(OCC(=O)Nc2ccc(OCc3ccccc3)cc2)cc1. The largest absolute Gasteiger partial charge is 0.489 e. The van der Waals surface area contributed by atoms with Crippen molar-refractivity contribution in [3.8, 4) is 11.5 Å². The number of anilines is 1. The maximum Gasteiger partial charge on any atom is 0.262 e. The first-order valence-electron chi connectivity index (χ1n) is 11.4. The van der Waals surface area contributed by atoms with Gasteiger partial charge in [0.2, 0.25) is 0 Å². The predicted molar refractivity (Wildman–Crippen MR) is 136 cm³/mol. The lowest BCUT2D eigenvalue weighted by Gasteiger charge is -2.26. The van der Waals surface area contributed by atoms with Gasteiger partial charge in [-0.15, -0.1) is 0 Å². The van der Waals surface area contributed by atoms with Gasteiger partial charge in [-0.25, -0.2) is 0 Å². The molecule has 0 radical (unpaired) electrons. The summed E-state index contributed by atoms with van der Waals surface area (Å²) in [6.07, 6.45) is 0. The van der Waals surface area contributed by atoms with Gasteiger partial charge in [-0.2, -0.15) is 0 Å². The van der Waals surface area contributed by atoms with Crippen LogP contribution in [0.25, 0.3) is 0 Å². The molecule has 1 N–H and O–H groups in total. The molecule has 34 heavy (non-hydrogen) atoms. The lowest BCUT2D eigenvalue weighted by atomic mass is 9.78. The van der Waals surface area contributed by atoms with E-state index in [1.807, 2.05) is 72.8 Å². The quantitative estimate of drug-likeness (QED) is 0.311. The highest BCUT2D eigenvalue weighted by molar-refractivity contribution is 5.91. The Kier molecular flexibility index (Phi) is 7.28. The highest BCUT2D eigenvalue weighted by atomic mass is 16.5. The van der Waals surface area contributed by atoms with Crippen LogP contribution in [-0.2, 0) is 16.8 Å². The van der Waals surface area contributed by atoms with Crippen molar-refractivity contribution in [2.45, 2.75) is 25.9 Å². The number of amides is 1. The zero-order valence-corrected chi connectivity index (χ0v) is 19.5. The summed E-state index contributed by atoms with van der Waals surface area (Å²) < 4.78 is 11.5. The Bertz CT molecular complexity index is 1190. The van der Waals surface area contributed by atoms with E-state index in [1.165, 1.54) is 11.1 Å². The predicted octanol–water partition coefficient (Wildman–Crippen LogP) is 6.61. The van der Waals surface area contributed by atoms with Gasteiger partial charge >= 0.3 is 0 Å². The second kappa shape index (κ2) is 10.7. The number of benzene rings is 4. The molecule has 0 bridgehead atoms. The van der Waals surface area contributed by atoms with Gasteiger partial charge in [0.05, 0.1) is 0 Å². The maximum atomic E-state index is 12.3. The second-order valence-corrected chi connectivity index (χ2v) is 8.65. The molecule has 1 amide bonds. The number of hydrogen-bond acceptors (Lipinski definition) is 3. The van der Waals surface area contributed by atoms with Gasteiger partial charge < -0.3 is 14.8 Å². The molecular formula is C30H29NO3. The zero-order chi connectivity index (χ0) is 23.8. The summed E-state index contributed by atoms with van der Waals surface area (Å²) in [6.45, 7) is 4.84. The minimum atomic E-state index is -0.216. The first kappa shape index (κ1) is 23.1. The molecule has 4 aromatic rings. The standard InChI is InChI=1S/C30H29NO3/c1-30(2,24-11-7-4-8-12-24)25-13-17-27(18-14-25)34-22-29(32)31-26-15-19-28(20-16-26)33-21-23-9-5-3-6-10-23/h3-20H,21-22H2,1-2H3,(H,31,32). The summed E-state index contributed by atoms with van der Waals surface area (Å²) in [6, 6.07) is 35.6. The molecule has 4 aromatic carbocycles. The lowest BCUT2D eigenvalue weighted by Crippen LogP contribution is -2.20. The average Bonchev–Trinajstić information content (AvgIpc) is 2.88. The van der Waals surface area contributed by atoms with Crippen LogP contribution >= 0.6 is 0 Å². The van der Waals surface area contributed by atoms with Crippen molar-refractivity contribution >= 4 is 11.6 Å². The first-order chi connectivity index (χ1) is 16.5. The topological polar surface area (TPSA) is 47.6 Å². The monoisotopic (exact) mass is 451 g/mol. The molecule has 0 unspecified atom stereocenters. The highest BCUT2D eigenvalue weighted by Gasteiger charge is 2.22. The van der Waals surface area contributed by atoms with E-state index in [0.29, 0.717) is 18.0 Å². The van der Waals surface area contributed by atoms with Gasteiger partial charge in [0.25, 0.3) is 5.91 Å². The molecule has 0 saturated heterocycles. The van der Waals surface area contributed by atoms with Gasteiger partial charge in [-0.1, -0.05) is 86.6 Å². The van der Waals surface area contributed by atoms with Crippen molar-refractivity contribution in [1.82, 2.24) is 0 Å². The van der Waals surface area contributed by atoms with E-state index in [-0.39, 0.29) is 17.9 Å². The third-order valence-electron chi connectivity index (χ3n) is 5.83. The summed E-state index contributed by atoms with van der Waals surface area (Å²) in [5.41, 5.74) is 4.12. The van der Waals surface area contributed by atoms with Crippen LogP contribution in [0, 0.1) is 0 Å². The third-order valence-corrected chi connectivity index (χ3v) is 5.83. The molecule has 0 aliphatic heterocycles. The fourth-order valence-electron chi connectivity index (χ4n) is 3.71. The molecule has 4 heteroatoms. The van der Waals surface area contributed by atoms with Gasteiger partial charge in [-0.3, -0.25) is 4.79 Å². The van der Waals surface area contributed by atoms with Crippen molar-refractivity contribution in [2.75, 3.05) is 11.9 Å². The number of nitrogens with one attached hydrogen (secondary N) is 1. The van der Waals surface area contributed by atoms with Gasteiger partial charge in [-0.05, 0) is 53.1 Å². The van der Waals surface area contributed by atoms with Crippen LogP contribution < -0.4 is 14.8 Å². The molecule has 0 saturated carbocycles. The molecule has 172 valence electrons. The molecule has 0 spiro atoms. The minimum absolute atomic E-state index is 0.0618. The molecule has 0 aliphatic carbocycles. The van der Waals surface area contributed by atoms with E-state index in [2.05, 4.69) is 55.6 Å². The Hall–Kier alpha value is -4.05. The number of hydrogen-bond donors (Lipinski definition) is 1. The summed E-state index contributed by atoms with van der Waals surface area (Å²) in [5.74, 6) is 1.19. The molecule has 0 heterocycles. The molecule has 4 rings (SSSR count). The summed E-state index contributed by atoms with van der Waals surface area (Å²) in [4.78, 5) is 12.3. The minimum Gasteiger partial charge on any atom is -0.489 e. The van der Waals surface area contributed by atoms with E-state index in [4.69, 9.17) is 9.47 Å². The van der Waals surface area contributed by atoms with E-state index in [1.54, 1.807) is 0 Å². The van der Waals surface area contributed by atoms with E-state index in [0.717, 1.165) is 11.3 Å². The Morgan fingerprint density at radius 3 is 1.85 bits per heavy atom. The number of carbonyl (C=O) groups is 1. The van der Waals surface area contributed by atoms with Crippen LogP contribution in [0.1, 0.15) is 30.5 Å². The fraction of sp³-hybridized carbons (Fsp3) is 0.167. The number of ether oxygens (including phenoxy) is 2. The summed E-state index contributed by atoms with van der Waals surface area (Å²) in [5, 5.41) is 2.85. The normalized spacial score (nSPS) is 11.0. The zero-order valence-electron chi connectivity index (χ0n) is 19.5. The smallest absolute Gasteiger partial charge is 0.262 e. The lowest BCUT2D eigenvalue weighted by molar-refractivity contribution is -0.118. The Morgan fingerprint density at radius 1 is 0.676 bits per heavy atom. The summed E-state index contributed by atoms with van der Waals surface area (Å²) in [7, 11) is 0. The molecule has 0 aromatic heterocycles. The van der Waals surface area contributed by atoms with Crippen LogP contribution in [0.4, 0.5) is 5.69 Å². The van der Waals surface area contributed by atoms with Crippen LogP contribution in [0.15, 0.2) is 109 Å². The Labute approximate surface area is 201 Å². The molecule has 0 atom stereocenters. The van der Waals surface area contributed by atoms with Crippen LogP contribution in [0.3, 0.4) is 0 Å². The number of rotatable bonds is 9. The average molecular weight is 452 g/mol. The first-order valence-corrected chi connectivity index (χ1v) is 11.4. The van der Waals surface area contributed by atoms with Gasteiger partial charge in [0, 0.05) is 11.1 Å². The van der Waals surface area contributed by atoms with E-state index >= 15 is 0 Å². The van der Waals surface area contributed by atoms with E-state index < -0.39 is 0 Å². The van der Waals surface area contributed by atoms with Crippen molar-refractivity contribution in [1.29, 1.82) is 0 Å². The van der Waals surface area contributed by atoms with Gasteiger partial charge in [0.1, 0.15) is 18.1 Å². The highest BCUT2D eigenvalue weighted by Crippen LogP contribution is 2.32. The van der Waals surface area contributed by atoms with Crippen LogP contribution in [0.5, 0.6) is 11.5 Å². The van der Waals surface area contributed by atoms with Crippen LogP contribution in [-0.4, -0.2) is 12.5 Å². The number of carbonyl (C=O) groups excluding carboxylic acids is 1. The Morgan fingerprint density at radius 2 is 1.21 bits per heavy atom. The summed E-state index contributed by atoms with van der Waals surface area (Å²) >= 11 is 0. The van der Waals surface area contributed by atoms with Gasteiger partial charge in [0.15, 0.2) is 6.61 Å². The van der Waals surface area contributed by atoms with Crippen molar-refractivity contribution < 1.29 is 14.3 Å². The third kappa shape index (κ3) is 6.04. The van der Waals surface area contributed by atoms with Crippen LogP contribution in [0.2, 0.25) is 0 Å². The second-order valence-electron chi connectivity index (χ2n) is 8.65. The van der Waals surface area contributed by atoms with Crippen molar-refractivity contribution in [2.24, 2.45) is 0 Å². The fourth-order valence-corrected chi connectivity index (χ4v) is 3.71. The maximum absolute atomic E-state index is 12.3. The molecule has 0 aliphatic rings. The molecular weight excluding hydrogens is 422 g/mol. The van der Waals surface area contributed by atoms with E-state index in [9.17, 15) is 4.79 Å². The Balaban J connectivity index is 1.26. The molecule has 4 nitrogen and oxygen atoms in total. The van der Waals surface area contributed by atoms with Crippen molar-refractivity contribution in [3.63, 3.8) is 0 Å².